The molecule has 1 heterocycles. The second-order valence-electron chi connectivity index (χ2n) is 4.07. The minimum Gasteiger partial charge on any atom is -0.444 e. The molecule has 2 rings (SSSR count). The first-order valence-electron chi connectivity index (χ1n) is 5.22. The zero-order chi connectivity index (χ0) is 11.5. The first-order chi connectivity index (χ1) is 7.72. The maximum absolute atomic E-state index is 11.0. The number of nitrogens with one attached hydrogen (secondary N) is 1. The van der Waals surface area contributed by atoms with Crippen molar-refractivity contribution in [2.75, 3.05) is 0 Å². The van der Waals surface area contributed by atoms with Crippen LogP contribution in [0.5, 0.6) is 0 Å². The number of nitrogens with zero attached hydrogens (tertiary/aromatic N) is 2. The standard InChI is InChI=1S/C11H11N3O2/c12-5-8(6-13)3-7-1-2-10-9(4-7)14-11(15)16-10/h3,7,9-10H,1-2,4H2,(H,14,15). The summed E-state index contributed by atoms with van der Waals surface area (Å²) in [7, 11) is 0. The van der Waals surface area contributed by atoms with Crippen molar-refractivity contribution in [1.82, 2.24) is 5.32 Å². The van der Waals surface area contributed by atoms with E-state index in [-0.39, 0.29) is 29.7 Å². The maximum Gasteiger partial charge on any atom is 0.407 e. The van der Waals surface area contributed by atoms with Crippen LogP contribution in [0.3, 0.4) is 0 Å². The SMILES string of the molecule is N#CC(C#N)=CC1CCC2OC(=O)NC2C1. The van der Waals surface area contributed by atoms with Gasteiger partial charge in [-0.25, -0.2) is 4.79 Å². The van der Waals surface area contributed by atoms with E-state index in [4.69, 9.17) is 15.3 Å². The molecule has 1 aliphatic heterocycles. The van der Waals surface area contributed by atoms with Gasteiger partial charge < -0.3 is 10.1 Å². The van der Waals surface area contributed by atoms with Crippen LogP contribution in [-0.2, 0) is 4.74 Å². The van der Waals surface area contributed by atoms with Gasteiger partial charge in [-0.1, -0.05) is 6.08 Å². The summed E-state index contributed by atoms with van der Waals surface area (Å²) in [5, 5.41) is 20.0. The number of hydrogen-bond donors (Lipinski definition) is 1. The lowest BCUT2D eigenvalue weighted by molar-refractivity contribution is 0.106. The van der Waals surface area contributed by atoms with Gasteiger partial charge in [0.25, 0.3) is 0 Å². The predicted molar refractivity (Wildman–Crippen MR) is 53.8 cm³/mol. The van der Waals surface area contributed by atoms with Crippen molar-refractivity contribution in [2.45, 2.75) is 31.4 Å². The van der Waals surface area contributed by atoms with Crippen molar-refractivity contribution in [3.05, 3.63) is 11.6 Å². The largest absolute Gasteiger partial charge is 0.444 e. The van der Waals surface area contributed by atoms with Crippen molar-refractivity contribution >= 4 is 6.09 Å². The van der Waals surface area contributed by atoms with E-state index in [1.54, 1.807) is 6.08 Å². The molecule has 3 atom stereocenters. The van der Waals surface area contributed by atoms with E-state index in [2.05, 4.69) is 5.32 Å². The van der Waals surface area contributed by atoms with Gasteiger partial charge in [0.15, 0.2) is 0 Å². The summed E-state index contributed by atoms with van der Waals surface area (Å²) >= 11 is 0. The molecule has 2 aliphatic rings. The number of allylic oxidation sites excluding steroid dienone is 2. The first kappa shape index (κ1) is 10.5. The van der Waals surface area contributed by atoms with Crippen LogP contribution >= 0.6 is 0 Å². The molecule has 2 fully saturated rings. The lowest BCUT2D eigenvalue weighted by Crippen LogP contribution is -2.37. The van der Waals surface area contributed by atoms with Crippen LogP contribution in [0.1, 0.15) is 19.3 Å². The fraction of sp³-hybridized carbons (Fsp3) is 0.545. The number of ether oxygens (including phenoxy) is 1. The monoisotopic (exact) mass is 217 g/mol. The summed E-state index contributed by atoms with van der Waals surface area (Å²) in [5.41, 5.74) is 0.147. The molecule has 1 N–H and O–H groups in total. The molecule has 0 bridgehead atoms. The molecule has 0 aromatic heterocycles. The molecule has 82 valence electrons. The highest BCUT2D eigenvalue weighted by atomic mass is 16.6. The molecule has 5 nitrogen and oxygen atoms in total. The molecule has 3 unspecified atom stereocenters. The summed E-state index contributed by atoms with van der Waals surface area (Å²) in [6.07, 6.45) is 3.67. The van der Waals surface area contributed by atoms with Gasteiger partial charge in [0.2, 0.25) is 0 Å². The van der Waals surface area contributed by atoms with Gasteiger partial charge in [-0.05, 0) is 25.2 Å². The average Bonchev–Trinajstić information content (AvgIpc) is 2.65. The molecule has 1 amide bonds. The topological polar surface area (TPSA) is 85.9 Å². The van der Waals surface area contributed by atoms with Gasteiger partial charge in [0, 0.05) is 0 Å². The zero-order valence-corrected chi connectivity index (χ0v) is 8.64. The van der Waals surface area contributed by atoms with Crippen LogP contribution in [0.15, 0.2) is 11.6 Å². The molecular weight excluding hydrogens is 206 g/mol. The second-order valence-corrected chi connectivity index (χ2v) is 4.07. The first-order valence-corrected chi connectivity index (χ1v) is 5.22. The Morgan fingerprint density at radius 1 is 1.44 bits per heavy atom. The molecule has 1 saturated carbocycles. The molecule has 1 aliphatic carbocycles. The van der Waals surface area contributed by atoms with Crippen molar-refractivity contribution in [3.63, 3.8) is 0 Å². The number of carbonyl (C=O) groups is 1. The number of nitriles is 2. The van der Waals surface area contributed by atoms with Crippen LogP contribution in [-0.4, -0.2) is 18.2 Å². The van der Waals surface area contributed by atoms with Crippen LogP contribution in [0.4, 0.5) is 4.79 Å². The van der Waals surface area contributed by atoms with Crippen LogP contribution < -0.4 is 5.32 Å². The van der Waals surface area contributed by atoms with E-state index in [0.29, 0.717) is 0 Å². The fourth-order valence-corrected chi connectivity index (χ4v) is 2.28. The summed E-state index contributed by atoms with van der Waals surface area (Å²) in [6.45, 7) is 0. The number of carbonyl (C=O) groups excluding carboxylic acids is 1. The van der Waals surface area contributed by atoms with Gasteiger partial charge in [0.05, 0.1) is 6.04 Å². The third kappa shape index (κ3) is 1.99. The predicted octanol–water partition coefficient (Wildman–Crippen LogP) is 1.24. The Morgan fingerprint density at radius 2 is 2.19 bits per heavy atom. The highest BCUT2D eigenvalue weighted by Gasteiger charge is 2.38. The third-order valence-electron chi connectivity index (χ3n) is 3.03. The maximum atomic E-state index is 11.0. The molecule has 0 radical (unpaired) electrons. The summed E-state index contributed by atoms with van der Waals surface area (Å²) in [6, 6.07) is 3.73. The molecule has 16 heavy (non-hydrogen) atoms. The molecule has 0 spiro atoms. The molecule has 0 aromatic carbocycles. The van der Waals surface area contributed by atoms with E-state index >= 15 is 0 Å². The Bertz CT molecular complexity index is 400. The normalized spacial score (nSPS) is 31.4. The number of fused-ring (bicyclic) bond motifs is 1. The molecular formula is C11H11N3O2. The van der Waals surface area contributed by atoms with Crippen LogP contribution in [0.25, 0.3) is 0 Å². The smallest absolute Gasteiger partial charge is 0.407 e. The Kier molecular flexibility index (Phi) is 2.78. The van der Waals surface area contributed by atoms with Gasteiger partial charge >= 0.3 is 6.09 Å². The summed E-state index contributed by atoms with van der Waals surface area (Å²) < 4.78 is 5.07. The highest BCUT2D eigenvalue weighted by Crippen LogP contribution is 2.31. The molecule has 1 saturated heterocycles. The van der Waals surface area contributed by atoms with E-state index in [9.17, 15) is 4.79 Å². The van der Waals surface area contributed by atoms with E-state index in [0.717, 1.165) is 19.3 Å². The Morgan fingerprint density at radius 3 is 2.88 bits per heavy atom. The average molecular weight is 217 g/mol. The second kappa shape index (κ2) is 4.24. The molecule has 0 aromatic rings. The number of hydrogen-bond acceptors (Lipinski definition) is 4. The lowest BCUT2D eigenvalue weighted by Gasteiger charge is -2.27. The van der Waals surface area contributed by atoms with E-state index in [1.807, 2.05) is 12.1 Å². The van der Waals surface area contributed by atoms with E-state index in [1.165, 1.54) is 0 Å². The fourth-order valence-electron chi connectivity index (χ4n) is 2.28. The Balaban J connectivity index is 2.02. The Labute approximate surface area is 93.3 Å². The highest BCUT2D eigenvalue weighted by molar-refractivity contribution is 5.70. The summed E-state index contributed by atoms with van der Waals surface area (Å²) in [4.78, 5) is 11.0. The van der Waals surface area contributed by atoms with Crippen molar-refractivity contribution in [3.8, 4) is 12.1 Å². The molecule has 5 heteroatoms. The van der Waals surface area contributed by atoms with Gasteiger partial charge in [-0.3, -0.25) is 0 Å². The van der Waals surface area contributed by atoms with Crippen molar-refractivity contribution in [2.24, 2.45) is 5.92 Å². The minimum absolute atomic E-state index is 0.0288. The van der Waals surface area contributed by atoms with Crippen molar-refractivity contribution < 1.29 is 9.53 Å². The van der Waals surface area contributed by atoms with E-state index < -0.39 is 0 Å². The van der Waals surface area contributed by atoms with Crippen LogP contribution in [0, 0.1) is 28.6 Å². The third-order valence-corrected chi connectivity index (χ3v) is 3.03. The summed E-state index contributed by atoms with van der Waals surface area (Å²) in [5.74, 6) is 0.178. The van der Waals surface area contributed by atoms with Gasteiger partial charge in [0.1, 0.15) is 23.8 Å². The van der Waals surface area contributed by atoms with Crippen LogP contribution in [0.2, 0.25) is 0 Å². The number of alkyl carbamates (subject to hydrolysis) is 1. The zero-order valence-electron chi connectivity index (χ0n) is 8.64. The minimum atomic E-state index is -0.361. The number of amides is 1. The number of rotatable bonds is 1. The van der Waals surface area contributed by atoms with Gasteiger partial charge in [-0.2, -0.15) is 10.5 Å². The van der Waals surface area contributed by atoms with Crippen molar-refractivity contribution in [1.29, 1.82) is 10.5 Å². The Hall–Kier alpha value is -2.01. The quantitative estimate of drug-likeness (QED) is 0.669. The lowest BCUT2D eigenvalue weighted by atomic mass is 9.83. The van der Waals surface area contributed by atoms with Gasteiger partial charge in [-0.15, -0.1) is 0 Å².